The maximum Gasteiger partial charge on any atom is 0.266 e. The number of aromatic nitrogens is 2. The Morgan fingerprint density at radius 2 is 1.70 bits per heavy atom. The van der Waals surface area contributed by atoms with Gasteiger partial charge in [0.25, 0.3) is 11.5 Å². The zero-order valence-electron chi connectivity index (χ0n) is 20.7. The molecule has 1 heterocycles. The number of ether oxygens (including phenoxy) is 1. The number of nitrogens with zero attached hydrogens (tertiary/aromatic N) is 2. The second-order valence-electron chi connectivity index (χ2n) is 8.54. The van der Waals surface area contributed by atoms with Crippen molar-refractivity contribution in [2.45, 2.75) is 32.0 Å². The van der Waals surface area contributed by atoms with Crippen LogP contribution in [0.25, 0.3) is 16.6 Å². The van der Waals surface area contributed by atoms with Crippen LogP contribution in [0.5, 0.6) is 5.75 Å². The fraction of sp³-hybridized carbons (Fsp3) is 0.214. The standard InChI is InChI=1S/C28H26FN3O4S/c1-4-36-22-12-5-18(6-13-22)25(33)16-37-28-31-24-15-19(26(34)30-17(2)3)7-14-23(24)27(35)32(28)21-10-8-20(29)9-11-21/h5-15,17H,4,16H2,1-3H3,(H,30,34). The van der Waals surface area contributed by atoms with Crippen LogP contribution < -0.4 is 15.6 Å². The van der Waals surface area contributed by atoms with Crippen LogP contribution in [-0.2, 0) is 0 Å². The summed E-state index contributed by atoms with van der Waals surface area (Å²) in [5, 5.41) is 3.37. The quantitative estimate of drug-likeness (QED) is 0.189. The van der Waals surface area contributed by atoms with Crippen molar-refractivity contribution < 1.29 is 18.7 Å². The third-order valence-electron chi connectivity index (χ3n) is 5.43. The number of fused-ring (bicyclic) bond motifs is 1. The first-order chi connectivity index (χ1) is 17.8. The van der Waals surface area contributed by atoms with E-state index in [0.717, 1.165) is 11.8 Å². The van der Waals surface area contributed by atoms with Crippen LogP contribution in [0.1, 0.15) is 41.5 Å². The predicted molar refractivity (Wildman–Crippen MR) is 143 cm³/mol. The van der Waals surface area contributed by atoms with Gasteiger partial charge in [0.2, 0.25) is 0 Å². The molecule has 0 bridgehead atoms. The van der Waals surface area contributed by atoms with E-state index in [2.05, 4.69) is 10.3 Å². The van der Waals surface area contributed by atoms with E-state index in [4.69, 9.17) is 4.74 Å². The lowest BCUT2D eigenvalue weighted by molar-refractivity contribution is 0.0942. The number of hydrogen-bond acceptors (Lipinski definition) is 6. The molecule has 3 aromatic carbocycles. The molecular weight excluding hydrogens is 493 g/mol. The maximum atomic E-state index is 13.6. The number of halogens is 1. The third kappa shape index (κ3) is 6.06. The first-order valence-electron chi connectivity index (χ1n) is 11.8. The Kier molecular flexibility index (Phi) is 8.03. The molecule has 0 aliphatic carbocycles. The van der Waals surface area contributed by atoms with Gasteiger partial charge in [-0.15, -0.1) is 0 Å². The van der Waals surface area contributed by atoms with E-state index in [1.807, 2.05) is 20.8 Å². The molecule has 0 fully saturated rings. The number of Topliss-reactive ketones (excluding diaryl/α,β-unsaturated/α-hetero) is 1. The Morgan fingerprint density at radius 1 is 1.03 bits per heavy atom. The molecule has 1 aromatic heterocycles. The number of nitrogens with one attached hydrogen (secondary N) is 1. The van der Waals surface area contributed by atoms with Gasteiger partial charge in [0.1, 0.15) is 11.6 Å². The van der Waals surface area contributed by atoms with Crippen molar-refractivity contribution in [3.05, 3.63) is 94.0 Å². The molecule has 1 N–H and O–H groups in total. The van der Waals surface area contributed by atoms with E-state index in [0.29, 0.717) is 40.1 Å². The number of amides is 1. The summed E-state index contributed by atoms with van der Waals surface area (Å²) in [5.41, 5.74) is 1.23. The van der Waals surface area contributed by atoms with Crippen molar-refractivity contribution in [1.29, 1.82) is 0 Å². The summed E-state index contributed by atoms with van der Waals surface area (Å²) in [4.78, 5) is 43.6. The Hall–Kier alpha value is -3.98. The first kappa shape index (κ1) is 26.1. The summed E-state index contributed by atoms with van der Waals surface area (Å²) in [6.45, 7) is 6.12. The summed E-state index contributed by atoms with van der Waals surface area (Å²) in [7, 11) is 0. The largest absolute Gasteiger partial charge is 0.494 e. The number of hydrogen-bond donors (Lipinski definition) is 1. The molecule has 0 saturated heterocycles. The normalized spacial score (nSPS) is 11.1. The van der Waals surface area contributed by atoms with Crippen molar-refractivity contribution in [1.82, 2.24) is 14.9 Å². The lowest BCUT2D eigenvalue weighted by Gasteiger charge is -2.14. The van der Waals surface area contributed by atoms with Gasteiger partial charge in [-0.1, -0.05) is 11.8 Å². The van der Waals surface area contributed by atoms with Gasteiger partial charge in [-0.05, 0) is 87.5 Å². The Labute approximate surface area is 217 Å². The van der Waals surface area contributed by atoms with Crippen LogP contribution in [-0.4, -0.2) is 39.6 Å². The number of benzene rings is 3. The van der Waals surface area contributed by atoms with Crippen molar-refractivity contribution in [3.8, 4) is 11.4 Å². The Morgan fingerprint density at radius 3 is 2.35 bits per heavy atom. The summed E-state index contributed by atoms with van der Waals surface area (Å²) in [5.74, 6) is -0.184. The van der Waals surface area contributed by atoms with Gasteiger partial charge in [-0.25, -0.2) is 9.37 Å². The Balaban J connectivity index is 1.72. The maximum absolute atomic E-state index is 13.6. The SMILES string of the molecule is CCOc1ccc(C(=O)CSc2nc3cc(C(=O)NC(C)C)ccc3c(=O)n2-c2ccc(F)cc2)cc1. The van der Waals surface area contributed by atoms with Crippen molar-refractivity contribution in [2.24, 2.45) is 0 Å². The summed E-state index contributed by atoms with van der Waals surface area (Å²) in [6, 6.07) is 16.9. The molecule has 0 saturated carbocycles. The summed E-state index contributed by atoms with van der Waals surface area (Å²) >= 11 is 1.09. The molecule has 4 rings (SSSR count). The highest BCUT2D eigenvalue weighted by Crippen LogP contribution is 2.24. The zero-order chi connectivity index (χ0) is 26.5. The molecule has 0 aliphatic heterocycles. The molecule has 0 spiro atoms. The van der Waals surface area contributed by atoms with Gasteiger partial charge >= 0.3 is 0 Å². The molecule has 37 heavy (non-hydrogen) atoms. The molecule has 4 aromatic rings. The van der Waals surface area contributed by atoms with Crippen molar-refractivity contribution in [3.63, 3.8) is 0 Å². The van der Waals surface area contributed by atoms with Crippen molar-refractivity contribution >= 4 is 34.4 Å². The lowest BCUT2D eigenvalue weighted by Crippen LogP contribution is -2.30. The minimum Gasteiger partial charge on any atom is -0.494 e. The van der Waals surface area contributed by atoms with Crippen molar-refractivity contribution in [2.75, 3.05) is 12.4 Å². The second kappa shape index (κ2) is 11.4. The molecule has 9 heteroatoms. The molecule has 190 valence electrons. The fourth-order valence-corrected chi connectivity index (χ4v) is 4.59. The molecular formula is C28H26FN3O4S. The van der Waals surface area contributed by atoms with Gasteiger partial charge in [0.15, 0.2) is 10.9 Å². The number of thioether (sulfide) groups is 1. The van der Waals surface area contributed by atoms with Crippen LogP contribution >= 0.6 is 11.8 Å². The highest BCUT2D eigenvalue weighted by Gasteiger charge is 2.17. The van der Waals surface area contributed by atoms with E-state index < -0.39 is 5.82 Å². The Bertz CT molecular complexity index is 1500. The number of ketones is 1. The minimum absolute atomic E-state index is 0.0145. The average molecular weight is 520 g/mol. The summed E-state index contributed by atoms with van der Waals surface area (Å²) in [6.07, 6.45) is 0. The fourth-order valence-electron chi connectivity index (χ4n) is 3.68. The number of carbonyl (C=O) groups is 2. The van der Waals surface area contributed by atoms with Crippen LogP contribution in [0.3, 0.4) is 0 Å². The first-order valence-corrected chi connectivity index (χ1v) is 12.8. The average Bonchev–Trinajstić information content (AvgIpc) is 2.88. The predicted octanol–water partition coefficient (Wildman–Crippen LogP) is 5.04. The van der Waals surface area contributed by atoms with E-state index in [-0.39, 0.29) is 34.2 Å². The highest BCUT2D eigenvalue weighted by atomic mass is 32.2. The second-order valence-corrected chi connectivity index (χ2v) is 9.48. The molecule has 0 aliphatic rings. The molecule has 7 nitrogen and oxygen atoms in total. The van der Waals surface area contributed by atoms with Gasteiger partial charge in [0.05, 0.1) is 29.0 Å². The van der Waals surface area contributed by atoms with Crippen LogP contribution in [0.15, 0.2) is 76.7 Å². The van der Waals surface area contributed by atoms with Crippen LogP contribution in [0, 0.1) is 5.82 Å². The van der Waals surface area contributed by atoms with Gasteiger partial charge in [-0.3, -0.25) is 19.0 Å². The smallest absolute Gasteiger partial charge is 0.266 e. The lowest BCUT2D eigenvalue weighted by atomic mass is 10.1. The molecule has 0 atom stereocenters. The van der Waals surface area contributed by atoms with Crippen LogP contribution in [0.4, 0.5) is 4.39 Å². The summed E-state index contributed by atoms with van der Waals surface area (Å²) < 4.78 is 20.4. The monoisotopic (exact) mass is 519 g/mol. The molecule has 1 amide bonds. The van der Waals surface area contributed by atoms with Crippen LogP contribution in [0.2, 0.25) is 0 Å². The number of carbonyl (C=O) groups excluding carboxylic acids is 2. The molecule has 0 radical (unpaired) electrons. The van der Waals surface area contributed by atoms with Gasteiger partial charge in [-0.2, -0.15) is 0 Å². The van der Waals surface area contributed by atoms with Gasteiger partial charge in [0, 0.05) is 17.2 Å². The van der Waals surface area contributed by atoms with Gasteiger partial charge < -0.3 is 10.1 Å². The highest BCUT2D eigenvalue weighted by molar-refractivity contribution is 7.99. The van der Waals surface area contributed by atoms with E-state index in [9.17, 15) is 18.8 Å². The number of rotatable bonds is 9. The molecule has 0 unspecified atom stereocenters. The zero-order valence-corrected chi connectivity index (χ0v) is 21.5. The third-order valence-corrected chi connectivity index (χ3v) is 6.36. The topological polar surface area (TPSA) is 90.3 Å². The van der Waals surface area contributed by atoms with E-state index in [1.54, 1.807) is 42.5 Å². The van der Waals surface area contributed by atoms with E-state index >= 15 is 0 Å². The van der Waals surface area contributed by atoms with E-state index in [1.165, 1.54) is 28.8 Å². The minimum atomic E-state index is -0.439.